The van der Waals surface area contributed by atoms with E-state index in [9.17, 15) is 4.79 Å². The summed E-state index contributed by atoms with van der Waals surface area (Å²) in [6.07, 6.45) is 2.01. The van der Waals surface area contributed by atoms with Crippen LogP contribution in [0.25, 0.3) is 0 Å². The number of carbonyl (C=O) groups is 1. The lowest BCUT2D eigenvalue weighted by Crippen LogP contribution is -2.39. The van der Waals surface area contributed by atoms with Crippen LogP contribution < -0.4 is 10.6 Å². The van der Waals surface area contributed by atoms with Crippen molar-refractivity contribution in [2.75, 3.05) is 52.5 Å². The van der Waals surface area contributed by atoms with Crippen molar-refractivity contribution in [2.45, 2.75) is 26.7 Å². The van der Waals surface area contributed by atoms with E-state index in [4.69, 9.17) is 4.74 Å². The van der Waals surface area contributed by atoms with Gasteiger partial charge < -0.3 is 15.4 Å². The van der Waals surface area contributed by atoms with E-state index in [1.54, 1.807) is 0 Å². The van der Waals surface area contributed by atoms with Crippen molar-refractivity contribution >= 4 is 5.91 Å². The minimum atomic E-state index is 0.130. The van der Waals surface area contributed by atoms with Crippen LogP contribution in [-0.4, -0.2) is 63.3 Å². The maximum Gasteiger partial charge on any atom is 0.234 e. The van der Waals surface area contributed by atoms with Gasteiger partial charge in [0, 0.05) is 32.8 Å². The molecule has 0 aromatic heterocycles. The molecule has 112 valence electrons. The van der Waals surface area contributed by atoms with Crippen molar-refractivity contribution in [3.63, 3.8) is 0 Å². The summed E-state index contributed by atoms with van der Waals surface area (Å²) in [4.78, 5) is 14.0. The van der Waals surface area contributed by atoms with E-state index in [1.807, 2.05) is 0 Å². The third-order valence-corrected chi connectivity index (χ3v) is 3.04. The van der Waals surface area contributed by atoms with Crippen molar-refractivity contribution in [3.05, 3.63) is 0 Å². The van der Waals surface area contributed by atoms with Gasteiger partial charge in [-0.2, -0.15) is 0 Å². The maximum absolute atomic E-state index is 11.8. The van der Waals surface area contributed by atoms with Crippen molar-refractivity contribution < 1.29 is 9.53 Å². The Bertz CT molecular complexity index is 239. The minimum Gasteiger partial charge on any atom is -0.381 e. The van der Waals surface area contributed by atoms with E-state index in [2.05, 4.69) is 29.4 Å². The Hall–Kier alpha value is -0.650. The number of carbonyl (C=O) groups excluding carboxylic acids is 1. The fourth-order valence-corrected chi connectivity index (χ4v) is 2.04. The molecule has 2 N–H and O–H groups in total. The van der Waals surface area contributed by atoms with Gasteiger partial charge in [0.15, 0.2) is 0 Å². The second-order valence-corrected chi connectivity index (χ2v) is 5.55. The van der Waals surface area contributed by atoms with Crippen LogP contribution >= 0.6 is 0 Å². The predicted molar refractivity (Wildman–Crippen MR) is 77.2 cm³/mol. The zero-order valence-electron chi connectivity index (χ0n) is 12.4. The van der Waals surface area contributed by atoms with Crippen LogP contribution in [0.2, 0.25) is 0 Å². The molecule has 5 nitrogen and oxygen atoms in total. The van der Waals surface area contributed by atoms with E-state index < -0.39 is 0 Å². The molecule has 0 radical (unpaired) electrons. The molecule has 1 rings (SSSR count). The Morgan fingerprint density at radius 3 is 3.00 bits per heavy atom. The lowest BCUT2D eigenvalue weighted by molar-refractivity contribution is -0.122. The first kappa shape index (κ1) is 16.4. The zero-order valence-corrected chi connectivity index (χ0v) is 12.4. The summed E-state index contributed by atoms with van der Waals surface area (Å²) in [7, 11) is 0. The van der Waals surface area contributed by atoms with Crippen LogP contribution in [0.5, 0.6) is 0 Å². The van der Waals surface area contributed by atoms with Gasteiger partial charge in [-0.1, -0.05) is 13.8 Å². The standard InChI is InChI=1S/C14H29N3O2/c1-13(2)12-19-10-4-6-16-14(18)11-17-8-3-5-15-7-9-17/h13,15H,3-12H2,1-2H3,(H,16,18). The van der Waals surface area contributed by atoms with E-state index in [1.165, 1.54) is 0 Å². The van der Waals surface area contributed by atoms with Crippen LogP contribution in [0.4, 0.5) is 0 Å². The highest BCUT2D eigenvalue weighted by Gasteiger charge is 2.11. The lowest BCUT2D eigenvalue weighted by Gasteiger charge is -2.18. The van der Waals surface area contributed by atoms with Crippen molar-refractivity contribution in [1.29, 1.82) is 0 Å². The zero-order chi connectivity index (χ0) is 13.9. The summed E-state index contributed by atoms with van der Waals surface area (Å²) in [5.74, 6) is 0.706. The number of amides is 1. The van der Waals surface area contributed by atoms with Crippen LogP contribution in [-0.2, 0) is 9.53 Å². The van der Waals surface area contributed by atoms with Crippen molar-refractivity contribution in [3.8, 4) is 0 Å². The second-order valence-electron chi connectivity index (χ2n) is 5.55. The summed E-state index contributed by atoms with van der Waals surface area (Å²) >= 11 is 0. The SMILES string of the molecule is CC(C)COCCCNC(=O)CN1CCCNCC1. The second kappa shape index (κ2) is 10.2. The Kier molecular flexibility index (Phi) is 8.79. The molecule has 1 aliphatic rings. The lowest BCUT2D eigenvalue weighted by atomic mass is 10.2. The van der Waals surface area contributed by atoms with Crippen LogP contribution in [0.1, 0.15) is 26.7 Å². The number of hydrogen-bond acceptors (Lipinski definition) is 4. The molecule has 1 amide bonds. The maximum atomic E-state index is 11.8. The largest absolute Gasteiger partial charge is 0.381 e. The molecule has 0 aliphatic carbocycles. The summed E-state index contributed by atoms with van der Waals surface area (Å²) in [6, 6.07) is 0. The van der Waals surface area contributed by atoms with Crippen LogP contribution in [0.15, 0.2) is 0 Å². The normalized spacial score (nSPS) is 17.4. The number of ether oxygens (including phenoxy) is 1. The minimum absolute atomic E-state index is 0.130. The summed E-state index contributed by atoms with van der Waals surface area (Å²) < 4.78 is 5.47. The van der Waals surface area contributed by atoms with Gasteiger partial charge in [0.2, 0.25) is 5.91 Å². The van der Waals surface area contributed by atoms with Crippen molar-refractivity contribution in [1.82, 2.24) is 15.5 Å². The van der Waals surface area contributed by atoms with E-state index in [0.717, 1.165) is 52.2 Å². The number of nitrogens with zero attached hydrogens (tertiary/aromatic N) is 1. The molecule has 0 aromatic rings. The van der Waals surface area contributed by atoms with Gasteiger partial charge in [-0.05, 0) is 31.8 Å². The average Bonchev–Trinajstić information content (AvgIpc) is 2.62. The van der Waals surface area contributed by atoms with Gasteiger partial charge in [-0.25, -0.2) is 0 Å². The van der Waals surface area contributed by atoms with Gasteiger partial charge in [0.25, 0.3) is 0 Å². The number of nitrogens with one attached hydrogen (secondary N) is 2. The molecule has 1 saturated heterocycles. The summed E-state index contributed by atoms with van der Waals surface area (Å²) in [5, 5.41) is 6.29. The highest BCUT2D eigenvalue weighted by molar-refractivity contribution is 5.77. The highest BCUT2D eigenvalue weighted by Crippen LogP contribution is 1.95. The quantitative estimate of drug-likeness (QED) is 0.630. The van der Waals surface area contributed by atoms with Crippen LogP contribution in [0.3, 0.4) is 0 Å². The molecular formula is C14H29N3O2. The molecule has 0 aromatic carbocycles. The molecule has 19 heavy (non-hydrogen) atoms. The first-order valence-corrected chi connectivity index (χ1v) is 7.46. The molecule has 1 fully saturated rings. The third-order valence-electron chi connectivity index (χ3n) is 3.04. The van der Waals surface area contributed by atoms with Gasteiger partial charge in [-0.15, -0.1) is 0 Å². The Balaban J connectivity index is 1.98. The topological polar surface area (TPSA) is 53.6 Å². The molecule has 1 heterocycles. The van der Waals surface area contributed by atoms with Gasteiger partial charge >= 0.3 is 0 Å². The van der Waals surface area contributed by atoms with Gasteiger partial charge in [-0.3, -0.25) is 9.69 Å². The summed E-state index contributed by atoms with van der Waals surface area (Å²) in [6.45, 7) is 11.1. The fraction of sp³-hybridized carbons (Fsp3) is 0.929. The molecule has 0 spiro atoms. The average molecular weight is 271 g/mol. The molecule has 0 atom stereocenters. The molecular weight excluding hydrogens is 242 g/mol. The summed E-state index contributed by atoms with van der Waals surface area (Å²) in [5.41, 5.74) is 0. The first-order chi connectivity index (χ1) is 9.18. The van der Waals surface area contributed by atoms with E-state index in [-0.39, 0.29) is 5.91 Å². The molecule has 0 unspecified atom stereocenters. The third kappa shape index (κ3) is 8.97. The highest BCUT2D eigenvalue weighted by atomic mass is 16.5. The number of hydrogen-bond donors (Lipinski definition) is 2. The first-order valence-electron chi connectivity index (χ1n) is 7.46. The molecule has 0 saturated carbocycles. The molecule has 5 heteroatoms. The van der Waals surface area contributed by atoms with Gasteiger partial charge in [0.1, 0.15) is 0 Å². The fourth-order valence-electron chi connectivity index (χ4n) is 2.04. The van der Waals surface area contributed by atoms with E-state index in [0.29, 0.717) is 19.0 Å². The molecule has 0 bridgehead atoms. The monoisotopic (exact) mass is 271 g/mol. The van der Waals surface area contributed by atoms with E-state index >= 15 is 0 Å². The van der Waals surface area contributed by atoms with Gasteiger partial charge in [0.05, 0.1) is 6.54 Å². The Morgan fingerprint density at radius 1 is 1.37 bits per heavy atom. The smallest absolute Gasteiger partial charge is 0.234 e. The molecule has 1 aliphatic heterocycles. The Labute approximate surface area is 117 Å². The number of rotatable bonds is 8. The van der Waals surface area contributed by atoms with Crippen molar-refractivity contribution in [2.24, 2.45) is 5.92 Å². The predicted octanol–water partition coefficient (Wildman–Crippen LogP) is 0.461. The van der Waals surface area contributed by atoms with Crippen LogP contribution in [0, 0.1) is 5.92 Å². The Morgan fingerprint density at radius 2 is 2.21 bits per heavy atom.